The van der Waals surface area contributed by atoms with Crippen molar-refractivity contribution in [3.63, 3.8) is 0 Å². The number of hydrogen-bond acceptors (Lipinski definition) is 3. The molecule has 2 N–H and O–H groups in total. The summed E-state index contributed by atoms with van der Waals surface area (Å²) in [5.74, 6) is -1.31. The second-order valence-corrected chi connectivity index (χ2v) is 5.07. The van der Waals surface area contributed by atoms with Crippen LogP contribution < -0.4 is 10.5 Å². The molecule has 2 rings (SSSR count). The first-order valence-electron chi connectivity index (χ1n) is 6.62. The fourth-order valence-electron chi connectivity index (χ4n) is 2.47. The van der Waals surface area contributed by atoms with E-state index in [9.17, 15) is 18.0 Å². The monoisotopic (exact) mass is 302 g/mol. The zero-order valence-electron chi connectivity index (χ0n) is 11.6. The lowest BCUT2D eigenvalue weighted by Gasteiger charge is -2.33. The summed E-state index contributed by atoms with van der Waals surface area (Å²) in [6, 6.07) is 4.66. The average molecular weight is 302 g/mol. The van der Waals surface area contributed by atoms with Gasteiger partial charge in [-0.3, -0.25) is 4.79 Å². The summed E-state index contributed by atoms with van der Waals surface area (Å²) in [4.78, 5) is 13.8. The standard InChI is InChI=1S/C14H17F3N2O2/c1-21-12-3-2-10(18)8-11(12)13(20)19-6-4-9(5-7-19)14(15,16)17/h2-3,8-9H,4-7,18H2,1H3. The Labute approximate surface area is 120 Å². The highest BCUT2D eigenvalue weighted by Crippen LogP contribution is 2.35. The largest absolute Gasteiger partial charge is 0.496 e. The third-order valence-corrected chi connectivity index (χ3v) is 3.70. The zero-order chi connectivity index (χ0) is 15.6. The minimum atomic E-state index is -4.19. The number of nitrogens with zero attached hydrogens (tertiary/aromatic N) is 1. The molecular formula is C14H17F3N2O2. The van der Waals surface area contributed by atoms with Gasteiger partial charge in [0.1, 0.15) is 5.75 Å². The Kier molecular flexibility index (Phi) is 4.29. The summed E-state index contributed by atoms with van der Waals surface area (Å²) in [6.45, 7) is 0.169. The number of benzene rings is 1. The summed E-state index contributed by atoms with van der Waals surface area (Å²) in [7, 11) is 1.43. The highest BCUT2D eigenvalue weighted by molar-refractivity contribution is 5.97. The minimum absolute atomic E-state index is 0.0696. The van der Waals surface area contributed by atoms with E-state index in [0.29, 0.717) is 11.4 Å². The van der Waals surface area contributed by atoms with Gasteiger partial charge >= 0.3 is 6.18 Å². The van der Waals surface area contributed by atoms with Crippen LogP contribution in [0.25, 0.3) is 0 Å². The van der Waals surface area contributed by atoms with Crippen LogP contribution in [-0.2, 0) is 0 Å². The second-order valence-electron chi connectivity index (χ2n) is 5.07. The lowest BCUT2D eigenvalue weighted by molar-refractivity contribution is -0.183. The van der Waals surface area contributed by atoms with Crippen LogP contribution in [0.1, 0.15) is 23.2 Å². The van der Waals surface area contributed by atoms with Crippen LogP contribution in [0.2, 0.25) is 0 Å². The molecule has 0 spiro atoms. The van der Waals surface area contributed by atoms with E-state index in [0.717, 1.165) is 0 Å². The number of carbonyl (C=O) groups excluding carboxylic acids is 1. The molecule has 0 radical (unpaired) electrons. The molecule has 116 valence electrons. The lowest BCUT2D eigenvalue weighted by atomic mass is 9.95. The summed E-state index contributed by atoms with van der Waals surface area (Å²) >= 11 is 0. The number of alkyl halides is 3. The number of rotatable bonds is 2. The maximum atomic E-state index is 12.6. The highest BCUT2D eigenvalue weighted by atomic mass is 19.4. The first-order chi connectivity index (χ1) is 9.82. The van der Waals surface area contributed by atoms with Gasteiger partial charge in [-0.15, -0.1) is 0 Å². The van der Waals surface area contributed by atoms with Crippen LogP contribution >= 0.6 is 0 Å². The fraction of sp³-hybridized carbons (Fsp3) is 0.500. The molecule has 1 heterocycles. The third-order valence-electron chi connectivity index (χ3n) is 3.70. The Morgan fingerprint density at radius 3 is 2.48 bits per heavy atom. The number of methoxy groups -OCH3 is 1. The van der Waals surface area contributed by atoms with Crippen molar-refractivity contribution in [2.45, 2.75) is 19.0 Å². The number of ether oxygens (including phenoxy) is 1. The number of amides is 1. The molecule has 21 heavy (non-hydrogen) atoms. The fourth-order valence-corrected chi connectivity index (χ4v) is 2.47. The Bertz CT molecular complexity index is 523. The number of anilines is 1. The predicted molar refractivity (Wildman–Crippen MR) is 72.1 cm³/mol. The van der Waals surface area contributed by atoms with Crippen molar-refractivity contribution in [3.05, 3.63) is 23.8 Å². The van der Waals surface area contributed by atoms with Crippen LogP contribution in [0.5, 0.6) is 5.75 Å². The van der Waals surface area contributed by atoms with Crippen molar-refractivity contribution < 1.29 is 22.7 Å². The average Bonchev–Trinajstić information content (AvgIpc) is 2.45. The van der Waals surface area contributed by atoms with Gasteiger partial charge in [-0.1, -0.05) is 0 Å². The van der Waals surface area contributed by atoms with Gasteiger partial charge in [-0.25, -0.2) is 0 Å². The number of nitrogen functional groups attached to an aromatic ring is 1. The summed E-state index contributed by atoms with van der Waals surface area (Å²) < 4.78 is 43.0. The van der Waals surface area contributed by atoms with Gasteiger partial charge in [-0.2, -0.15) is 13.2 Å². The van der Waals surface area contributed by atoms with Crippen molar-refractivity contribution in [2.75, 3.05) is 25.9 Å². The van der Waals surface area contributed by atoms with E-state index in [2.05, 4.69) is 0 Å². The molecule has 0 atom stereocenters. The number of nitrogens with two attached hydrogens (primary N) is 1. The predicted octanol–water partition coefficient (Wildman–Crippen LogP) is 2.69. The van der Waals surface area contributed by atoms with Gasteiger partial charge < -0.3 is 15.4 Å². The number of hydrogen-bond donors (Lipinski definition) is 1. The van der Waals surface area contributed by atoms with E-state index in [1.807, 2.05) is 0 Å². The Morgan fingerprint density at radius 2 is 1.95 bits per heavy atom. The summed E-state index contributed by atoms with van der Waals surface area (Å²) in [6.07, 6.45) is -4.33. The molecule has 7 heteroatoms. The lowest BCUT2D eigenvalue weighted by Crippen LogP contribution is -2.42. The van der Waals surface area contributed by atoms with E-state index in [-0.39, 0.29) is 37.4 Å². The summed E-state index contributed by atoms with van der Waals surface area (Å²) in [5, 5.41) is 0. The second kappa shape index (κ2) is 5.83. The molecule has 1 aromatic rings. The maximum absolute atomic E-state index is 12.6. The maximum Gasteiger partial charge on any atom is 0.391 e. The first-order valence-corrected chi connectivity index (χ1v) is 6.62. The zero-order valence-corrected chi connectivity index (χ0v) is 11.6. The number of halogens is 3. The molecule has 4 nitrogen and oxygen atoms in total. The van der Waals surface area contributed by atoms with Crippen LogP contribution in [0.3, 0.4) is 0 Å². The quantitative estimate of drug-likeness (QED) is 0.855. The molecule has 0 unspecified atom stereocenters. The van der Waals surface area contributed by atoms with Gasteiger partial charge in [0.15, 0.2) is 0 Å². The van der Waals surface area contributed by atoms with E-state index < -0.39 is 12.1 Å². The van der Waals surface area contributed by atoms with E-state index in [4.69, 9.17) is 10.5 Å². The molecule has 0 aliphatic carbocycles. The van der Waals surface area contributed by atoms with Crippen LogP contribution in [0.15, 0.2) is 18.2 Å². The molecule has 1 aliphatic heterocycles. The number of carbonyl (C=O) groups is 1. The first kappa shape index (κ1) is 15.5. The molecule has 1 fully saturated rings. The van der Waals surface area contributed by atoms with Crippen molar-refractivity contribution in [2.24, 2.45) is 5.92 Å². The number of likely N-dealkylation sites (tertiary alicyclic amines) is 1. The SMILES string of the molecule is COc1ccc(N)cc1C(=O)N1CCC(C(F)(F)F)CC1. The smallest absolute Gasteiger partial charge is 0.391 e. The molecule has 1 aromatic carbocycles. The molecule has 1 amide bonds. The van der Waals surface area contributed by atoms with Gasteiger partial charge in [0.25, 0.3) is 5.91 Å². The Morgan fingerprint density at radius 1 is 1.33 bits per heavy atom. The van der Waals surface area contributed by atoms with Gasteiger partial charge in [0.05, 0.1) is 18.6 Å². The molecule has 0 aromatic heterocycles. The third kappa shape index (κ3) is 3.40. The van der Waals surface area contributed by atoms with Crippen LogP contribution in [0, 0.1) is 5.92 Å². The molecule has 1 aliphatic rings. The van der Waals surface area contributed by atoms with Crippen LogP contribution in [-0.4, -0.2) is 37.2 Å². The van der Waals surface area contributed by atoms with E-state index >= 15 is 0 Å². The minimum Gasteiger partial charge on any atom is -0.496 e. The van der Waals surface area contributed by atoms with Gasteiger partial charge in [0, 0.05) is 18.8 Å². The van der Waals surface area contributed by atoms with E-state index in [1.54, 1.807) is 12.1 Å². The number of piperidine rings is 1. The highest BCUT2D eigenvalue weighted by Gasteiger charge is 2.41. The van der Waals surface area contributed by atoms with Crippen molar-refractivity contribution in [3.8, 4) is 5.75 Å². The van der Waals surface area contributed by atoms with Crippen molar-refractivity contribution in [1.29, 1.82) is 0 Å². The Hall–Kier alpha value is -1.92. The van der Waals surface area contributed by atoms with Crippen molar-refractivity contribution in [1.82, 2.24) is 4.90 Å². The van der Waals surface area contributed by atoms with E-state index in [1.165, 1.54) is 18.1 Å². The summed E-state index contributed by atoms with van der Waals surface area (Å²) in [5.41, 5.74) is 6.34. The normalized spacial score (nSPS) is 16.9. The molecular weight excluding hydrogens is 285 g/mol. The molecule has 0 saturated carbocycles. The molecule has 1 saturated heterocycles. The Balaban J connectivity index is 2.11. The van der Waals surface area contributed by atoms with Gasteiger partial charge in [0.2, 0.25) is 0 Å². The van der Waals surface area contributed by atoms with Crippen molar-refractivity contribution >= 4 is 11.6 Å². The topological polar surface area (TPSA) is 55.6 Å². The molecule has 0 bridgehead atoms. The van der Waals surface area contributed by atoms with Crippen LogP contribution in [0.4, 0.5) is 18.9 Å². The van der Waals surface area contributed by atoms with Gasteiger partial charge in [-0.05, 0) is 31.0 Å².